The van der Waals surface area contributed by atoms with Crippen molar-refractivity contribution in [2.45, 2.75) is 32.7 Å². The van der Waals surface area contributed by atoms with Gasteiger partial charge >= 0.3 is 0 Å². The molecule has 0 saturated heterocycles. The van der Waals surface area contributed by atoms with E-state index in [1.54, 1.807) is 12.5 Å². The summed E-state index contributed by atoms with van der Waals surface area (Å²) in [7, 11) is 0. The van der Waals surface area contributed by atoms with Gasteiger partial charge in [0, 0.05) is 37.2 Å². The highest BCUT2D eigenvalue weighted by Crippen LogP contribution is 2.13. The Bertz CT molecular complexity index is 464. The van der Waals surface area contributed by atoms with Gasteiger partial charge in [-0.25, -0.2) is 9.97 Å². The van der Waals surface area contributed by atoms with Crippen LogP contribution in [0.1, 0.15) is 31.9 Å². The molecule has 5 nitrogen and oxygen atoms in total. The highest BCUT2D eigenvalue weighted by molar-refractivity contribution is 5.35. The number of aromatic nitrogens is 4. The third-order valence-corrected chi connectivity index (χ3v) is 2.71. The molecule has 2 heterocycles. The standard InChI is InChI=1S/C13H19N5/c1-11(2)12-9-13(16-10-15-12)14-5-3-7-18-8-4-6-17-18/h4,6,8-11H,3,5,7H2,1-2H3,(H,14,15,16). The van der Waals surface area contributed by atoms with Gasteiger partial charge in [0.1, 0.15) is 12.1 Å². The average Bonchev–Trinajstić information content (AvgIpc) is 2.88. The summed E-state index contributed by atoms with van der Waals surface area (Å²) in [5.74, 6) is 1.33. The number of hydrogen-bond acceptors (Lipinski definition) is 4. The van der Waals surface area contributed by atoms with Gasteiger partial charge in [0.2, 0.25) is 0 Å². The predicted octanol–water partition coefficient (Wildman–Crippen LogP) is 2.30. The maximum absolute atomic E-state index is 4.24. The SMILES string of the molecule is CC(C)c1cc(NCCCn2cccn2)ncn1. The number of rotatable bonds is 6. The molecule has 2 aromatic rings. The molecule has 18 heavy (non-hydrogen) atoms. The van der Waals surface area contributed by atoms with E-state index in [2.05, 4.69) is 34.2 Å². The van der Waals surface area contributed by atoms with Gasteiger partial charge in [-0.1, -0.05) is 13.8 Å². The lowest BCUT2D eigenvalue weighted by atomic mass is 10.1. The van der Waals surface area contributed by atoms with Crippen molar-refractivity contribution in [2.24, 2.45) is 0 Å². The molecule has 0 aliphatic heterocycles. The second-order valence-electron chi connectivity index (χ2n) is 4.53. The first-order valence-corrected chi connectivity index (χ1v) is 6.29. The fourth-order valence-corrected chi connectivity index (χ4v) is 1.67. The monoisotopic (exact) mass is 245 g/mol. The Balaban J connectivity index is 1.78. The summed E-state index contributed by atoms with van der Waals surface area (Å²) >= 11 is 0. The quantitative estimate of drug-likeness (QED) is 0.793. The van der Waals surface area contributed by atoms with Crippen molar-refractivity contribution in [1.29, 1.82) is 0 Å². The second kappa shape index (κ2) is 6.14. The third-order valence-electron chi connectivity index (χ3n) is 2.71. The minimum absolute atomic E-state index is 0.428. The van der Waals surface area contributed by atoms with Crippen LogP contribution in [0.4, 0.5) is 5.82 Å². The fourth-order valence-electron chi connectivity index (χ4n) is 1.67. The molecule has 0 spiro atoms. The van der Waals surface area contributed by atoms with Gasteiger partial charge in [0.05, 0.1) is 0 Å². The Morgan fingerprint density at radius 3 is 2.94 bits per heavy atom. The van der Waals surface area contributed by atoms with Crippen LogP contribution in [-0.2, 0) is 6.54 Å². The maximum Gasteiger partial charge on any atom is 0.129 e. The number of aryl methyl sites for hydroxylation is 1. The Labute approximate surface area is 107 Å². The van der Waals surface area contributed by atoms with Crippen LogP contribution in [0.3, 0.4) is 0 Å². The Kier molecular flexibility index (Phi) is 4.28. The van der Waals surface area contributed by atoms with E-state index in [-0.39, 0.29) is 0 Å². The van der Waals surface area contributed by atoms with E-state index >= 15 is 0 Å². The second-order valence-corrected chi connectivity index (χ2v) is 4.53. The van der Waals surface area contributed by atoms with Crippen LogP contribution in [0.25, 0.3) is 0 Å². The largest absolute Gasteiger partial charge is 0.370 e. The summed E-state index contributed by atoms with van der Waals surface area (Å²) in [6.07, 6.45) is 6.40. The number of nitrogens with zero attached hydrogens (tertiary/aromatic N) is 4. The molecular weight excluding hydrogens is 226 g/mol. The van der Waals surface area contributed by atoms with Gasteiger partial charge in [-0.05, 0) is 18.4 Å². The summed E-state index contributed by atoms with van der Waals surface area (Å²) in [6.45, 7) is 6.06. The van der Waals surface area contributed by atoms with Crippen molar-refractivity contribution in [1.82, 2.24) is 19.7 Å². The summed E-state index contributed by atoms with van der Waals surface area (Å²) in [5, 5.41) is 7.47. The van der Waals surface area contributed by atoms with Crippen molar-refractivity contribution >= 4 is 5.82 Å². The molecule has 0 radical (unpaired) electrons. The summed E-state index contributed by atoms with van der Waals surface area (Å²) < 4.78 is 1.93. The molecule has 1 N–H and O–H groups in total. The summed E-state index contributed by atoms with van der Waals surface area (Å²) in [6, 6.07) is 3.95. The van der Waals surface area contributed by atoms with E-state index < -0.39 is 0 Å². The number of nitrogens with one attached hydrogen (secondary N) is 1. The minimum Gasteiger partial charge on any atom is -0.370 e. The van der Waals surface area contributed by atoms with E-state index in [1.165, 1.54) is 0 Å². The molecule has 0 atom stereocenters. The fraction of sp³-hybridized carbons (Fsp3) is 0.462. The predicted molar refractivity (Wildman–Crippen MR) is 71.5 cm³/mol. The first-order chi connectivity index (χ1) is 8.75. The lowest BCUT2D eigenvalue weighted by Gasteiger charge is -2.08. The highest BCUT2D eigenvalue weighted by Gasteiger charge is 2.02. The van der Waals surface area contributed by atoms with Gasteiger partial charge in [0.15, 0.2) is 0 Å². The van der Waals surface area contributed by atoms with E-state index in [4.69, 9.17) is 0 Å². The zero-order chi connectivity index (χ0) is 12.8. The normalized spacial score (nSPS) is 10.8. The average molecular weight is 245 g/mol. The molecule has 0 unspecified atom stereocenters. The van der Waals surface area contributed by atoms with Crippen LogP contribution in [-0.4, -0.2) is 26.3 Å². The molecule has 0 aliphatic carbocycles. The van der Waals surface area contributed by atoms with Crippen molar-refractivity contribution in [2.75, 3.05) is 11.9 Å². The van der Waals surface area contributed by atoms with Crippen LogP contribution < -0.4 is 5.32 Å². The third kappa shape index (κ3) is 3.55. The van der Waals surface area contributed by atoms with Gasteiger partial charge in [0.25, 0.3) is 0 Å². The molecule has 0 aliphatic rings. The van der Waals surface area contributed by atoms with E-state index in [0.29, 0.717) is 5.92 Å². The van der Waals surface area contributed by atoms with Gasteiger partial charge < -0.3 is 5.32 Å². The lowest BCUT2D eigenvalue weighted by molar-refractivity contribution is 0.591. The molecule has 0 bridgehead atoms. The molecule has 0 fully saturated rings. The molecule has 5 heteroatoms. The zero-order valence-electron chi connectivity index (χ0n) is 10.9. The topological polar surface area (TPSA) is 55.6 Å². The van der Waals surface area contributed by atoms with E-state index in [9.17, 15) is 0 Å². The van der Waals surface area contributed by atoms with Crippen molar-refractivity contribution in [3.05, 3.63) is 36.5 Å². The minimum atomic E-state index is 0.428. The maximum atomic E-state index is 4.24. The van der Waals surface area contributed by atoms with E-state index in [1.807, 2.05) is 23.0 Å². The molecule has 0 aromatic carbocycles. The summed E-state index contributed by atoms with van der Waals surface area (Å²) in [5.41, 5.74) is 1.07. The Morgan fingerprint density at radius 2 is 2.22 bits per heavy atom. The first-order valence-electron chi connectivity index (χ1n) is 6.29. The smallest absolute Gasteiger partial charge is 0.129 e. The van der Waals surface area contributed by atoms with Gasteiger partial charge in [-0.15, -0.1) is 0 Å². The Morgan fingerprint density at radius 1 is 1.33 bits per heavy atom. The molecule has 2 rings (SSSR count). The molecule has 0 saturated carbocycles. The number of anilines is 1. The van der Waals surface area contributed by atoms with E-state index in [0.717, 1.165) is 31.0 Å². The van der Waals surface area contributed by atoms with Crippen molar-refractivity contribution < 1.29 is 0 Å². The molecule has 2 aromatic heterocycles. The van der Waals surface area contributed by atoms with Crippen LogP contribution >= 0.6 is 0 Å². The van der Waals surface area contributed by atoms with Crippen LogP contribution in [0.15, 0.2) is 30.9 Å². The van der Waals surface area contributed by atoms with Gasteiger partial charge in [-0.3, -0.25) is 4.68 Å². The zero-order valence-corrected chi connectivity index (χ0v) is 10.9. The molecule has 0 amide bonds. The Hall–Kier alpha value is -1.91. The van der Waals surface area contributed by atoms with Crippen LogP contribution in [0.2, 0.25) is 0 Å². The molecule has 96 valence electrons. The molecular formula is C13H19N5. The summed E-state index contributed by atoms with van der Waals surface area (Å²) in [4.78, 5) is 8.45. The van der Waals surface area contributed by atoms with Crippen molar-refractivity contribution in [3.8, 4) is 0 Å². The van der Waals surface area contributed by atoms with Gasteiger partial charge in [-0.2, -0.15) is 5.10 Å². The lowest BCUT2D eigenvalue weighted by Crippen LogP contribution is -2.08. The van der Waals surface area contributed by atoms with Crippen LogP contribution in [0, 0.1) is 0 Å². The first kappa shape index (κ1) is 12.5. The highest BCUT2D eigenvalue weighted by atomic mass is 15.3. The van der Waals surface area contributed by atoms with Crippen molar-refractivity contribution in [3.63, 3.8) is 0 Å². The van der Waals surface area contributed by atoms with Crippen LogP contribution in [0.5, 0.6) is 0 Å². The number of hydrogen-bond donors (Lipinski definition) is 1.